The number of morpholine rings is 1. The van der Waals surface area contributed by atoms with Gasteiger partial charge >= 0.3 is 0 Å². The molecule has 1 N–H and O–H groups in total. The van der Waals surface area contributed by atoms with Crippen LogP contribution < -0.4 is 14.8 Å². The number of rotatable bonds is 10. The maximum atomic E-state index is 13.0. The molecule has 1 fully saturated rings. The number of amides is 1. The Hall–Kier alpha value is -2.62. The average molecular weight is 477 g/mol. The maximum Gasteiger partial charge on any atom is 0.243 e. The molecule has 0 saturated carbocycles. The largest absolute Gasteiger partial charge is 0.496 e. The topological polar surface area (TPSA) is 94.2 Å². The number of aryl methyl sites for hydroxylation is 1. The van der Waals surface area contributed by atoms with E-state index >= 15 is 0 Å². The summed E-state index contributed by atoms with van der Waals surface area (Å²) in [6.45, 7) is 5.77. The van der Waals surface area contributed by atoms with Crippen LogP contribution in [-0.4, -0.2) is 58.1 Å². The quantitative estimate of drug-likeness (QED) is 0.567. The van der Waals surface area contributed by atoms with E-state index in [0.717, 1.165) is 11.3 Å². The molecule has 0 radical (unpaired) electrons. The Balaban J connectivity index is 1.59. The summed E-state index contributed by atoms with van der Waals surface area (Å²) in [5.74, 6) is 1.23. The Morgan fingerprint density at radius 2 is 1.82 bits per heavy atom. The zero-order valence-electron chi connectivity index (χ0n) is 19.4. The summed E-state index contributed by atoms with van der Waals surface area (Å²) in [6.07, 6.45) is 0.684. The Morgan fingerprint density at radius 1 is 1.12 bits per heavy atom. The van der Waals surface area contributed by atoms with Gasteiger partial charge in [0.2, 0.25) is 15.9 Å². The molecule has 3 rings (SSSR count). The highest BCUT2D eigenvalue weighted by molar-refractivity contribution is 7.89. The first-order chi connectivity index (χ1) is 15.8. The molecular weight excluding hydrogens is 444 g/mol. The molecule has 180 valence electrons. The molecule has 0 atom stereocenters. The monoisotopic (exact) mass is 476 g/mol. The van der Waals surface area contributed by atoms with E-state index in [-0.39, 0.29) is 23.3 Å². The van der Waals surface area contributed by atoms with Gasteiger partial charge in [0.15, 0.2) is 0 Å². The molecule has 0 aliphatic carbocycles. The summed E-state index contributed by atoms with van der Waals surface area (Å²) < 4.78 is 43.6. The zero-order valence-corrected chi connectivity index (χ0v) is 20.2. The van der Waals surface area contributed by atoms with Crippen molar-refractivity contribution in [2.45, 2.75) is 44.2 Å². The SMILES string of the molecule is COc1ccc(S(=O)(=O)N2CCOCC2)cc1CCC(=O)NCc1ccc(OC(C)C)cc1. The van der Waals surface area contributed by atoms with Gasteiger partial charge in [-0.3, -0.25) is 4.79 Å². The highest BCUT2D eigenvalue weighted by Gasteiger charge is 2.27. The van der Waals surface area contributed by atoms with E-state index in [2.05, 4.69) is 5.32 Å². The van der Waals surface area contributed by atoms with Crippen molar-refractivity contribution in [3.05, 3.63) is 53.6 Å². The minimum Gasteiger partial charge on any atom is -0.496 e. The van der Waals surface area contributed by atoms with E-state index in [1.807, 2.05) is 38.1 Å². The molecule has 2 aromatic carbocycles. The molecule has 0 bridgehead atoms. The third kappa shape index (κ3) is 6.93. The Labute approximate surface area is 195 Å². The van der Waals surface area contributed by atoms with Gasteiger partial charge in [0.25, 0.3) is 0 Å². The fourth-order valence-electron chi connectivity index (χ4n) is 3.54. The van der Waals surface area contributed by atoms with Gasteiger partial charge < -0.3 is 19.5 Å². The van der Waals surface area contributed by atoms with Crippen molar-refractivity contribution in [2.75, 3.05) is 33.4 Å². The molecule has 1 saturated heterocycles. The molecule has 2 aromatic rings. The Bertz CT molecular complexity index is 1030. The lowest BCUT2D eigenvalue weighted by atomic mass is 10.1. The number of nitrogens with one attached hydrogen (secondary N) is 1. The third-order valence-electron chi connectivity index (χ3n) is 5.27. The summed E-state index contributed by atoms with van der Waals surface area (Å²) >= 11 is 0. The van der Waals surface area contributed by atoms with Crippen LogP contribution in [0.25, 0.3) is 0 Å². The van der Waals surface area contributed by atoms with Crippen LogP contribution in [0.3, 0.4) is 0 Å². The standard InChI is InChI=1S/C24H32N2O6S/c1-18(2)32-21-7-4-19(5-8-21)17-25-24(27)11-6-20-16-22(9-10-23(20)30-3)33(28,29)26-12-14-31-15-13-26/h4-5,7-10,16,18H,6,11-15,17H2,1-3H3,(H,25,27). The molecule has 1 amide bonds. The van der Waals surface area contributed by atoms with E-state index in [0.29, 0.717) is 50.6 Å². The number of sulfonamides is 1. The molecule has 1 heterocycles. The van der Waals surface area contributed by atoms with Crippen LogP contribution in [0, 0.1) is 0 Å². The van der Waals surface area contributed by atoms with E-state index in [1.54, 1.807) is 18.2 Å². The minimum atomic E-state index is -3.62. The van der Waals surface area contributed by atoms with Crippen LogP contribution >= 0.6 is 0 Å². The van der Waals surface area contributed by atoms with Crippen molar-refractivity contribution >= 4 is 15.9 Å². The Kier molecular flexibility index (Phi) is 8.71. The van der Waals surface area contributed by atoms with Crippen molar-refractivity contribution < 1.29 is 27.4 Å². The van der Waals surface area contributed by atoms with Crippen molar-refractivity contribution in [3.8, 4) is 11.5 Å². The molecule has 0 aromatic heterocycles. The van der Waals surface area contributed by atoms with Gasteiger partial charge in [0.1, 0.15) is 11.5 Å². The van der Waals surface area contributed by atoms with Gasteiger partial charge in [-0.2, -0.15) is 4.31 Å². The molecular formula is C24H32N2O6S. The van der Waals surface area contributed by atoms with Crippen molar-refractivity contribution in [3.63, 3.8) is 0 Å². The van der Waals surface area contributed by atoms with Crippen LogP contribution in [0.1, 0.15) is 31.4 Å². The molecule has 0 unspecified atom stereocenters. The summed E-state index contributed by atoms with van der Waals surface area (Å²) in [7, 11) is -2.09. The fraction of sp³-hybridized carbons (Fsp3) is 0.458. The number of hydrogen-bond donors (Lipinski definition) is 1. The average Bonchev–Trinajstić information content (AvgIpc) is 2.82. The third-order valence-corrected chi connectivity index (χ3v) is 7.16. The van der Waals surface area contributed by atoms with Gasteiger partial charge in [0, 0.05) is 26.1 Å². The van der Waals surface area contributed by atoms with Crippen molar-refractivity contribution in [1.82, 2.24) is 9.62 Å². The number of carbonyl (C=O) groups is 1. The molecule has 0 spiro atoms. The van der Waals surface area contributed by atoms with E-state index in [4.69, 9.17) is 14.2 Å². The molecule has 1 aliphatic rings. The van der Waals surface area contributed by atoms with Gasteiger partial charge in [-0.1, -0.05) is 12.1 Å². The lowest BCUT2D eigenvalue weighted by Gasteiger charge is -2.26. The van der Waals surface area contributed by atoms with Gasteiger partial charge in [-0.25, -0.2) is 8.42 Å². The summed E-state index contributed by atoms with van der Waals surface area (Å²) in [5.41, 5.74) is 1.65. The number of benzene rings is 2. The number of nitrogens with zero attached hydrogens (tertiary/aromatic N) is 1. The lowest BCUT2D eigenvalue weighted by Crippen LogP contribution is -2.40. The number of carbonyl (C=O) groups excluding carboxylic acids is 1. The Morgan fingerprint density at radius 3 is 2.45 bits per heavy atom. The molecule has 1 aliphatic heterocycles. The highest BCUT2D eigenvalue weighted by atomic mass is 32.2. The second kappa shape index (κ2) is 11.5. The van der Waals surface area contributed by atoms with Crippen LogP contribution in [-0.2, 0) is 32.5 Å². The summed E-state index contributed by atoms with van der Waals surface area (Å²) in [5, 5.41) is 2.90. The van der Waals surface area contributed by atoms with E-state index in [9.17, 15) is 13.2 Å². The first kappa shape index (κ1) is 25.0. The minimum absolute atomic E-state index is 0.106. The van der Waals surface area contributed by atoms with Crippen molar-refractivity contribution in [1.29, 1.82) is 0 Å². The van der Waals surface area contributed by atoms with Gasteiger partial charge in [0.05, 0.1) is 31.3 Å². The smallest absolute Gasteiger partial charge is 0.243 e. The van der Waals surface area contributed by atoms with E-state index < -0.39 is 10.0 Å². The second-order valence-electron chi connectivity index (χ2n) is 8.08. The molecule has 33 heavy (non-hydrogen) atoms. The van der Waals surface area contributed by atoms with Crippen LogP contribution in [0.15, 0.2) is 47.4 Å². The predicted molar refractivity (Wildman–Crippen MR) is 125 cm³/mol. The number of methoxy groups -OCH3 is 1. The number of ether oxygens (including phenoxy) is 3. The predicted octanol–water partition coefficient (Wildman–Crippen LogP) is 2.75. The zero-order chi connectivity index (χ0) is 23.8. The first-order valence-corrected chi connectivity index (χ1v) is 12.5. The summed E-state index contributed by atoms with van der Waals surface area (Å²) in [4.78, 5) is 12.6. The second-order valence-corrected chi connectivity index (χ2v) is 10.0. The van der Waals surface area contributed by atoms with Gasteiger partial charge in [-0.05, 0) is 61.7 Å². The molecule has 9 heteroatoms. The maximum absolute atomic E-state index is 13.0. The summed E-state index contributed by atoms with van der Waals surface area (Å²) in [6, 6.07) is 12.4. The highest BCUT2D eigenvalue weighted by Crippen LogP contribution is 2.26. The van der Waals surface area contributed by atoms with E-state index in [1.165, 1.54) is 11.4 Å². The molecule has 8 nitrogen and oxygen atoms in total. The van der Waals surface area contributed by atoms with Crippen molar-refractivity contribution in [2.24, 2.45) is 0 Å². The van der Waals surface area contributed by atoms with Crippen LogP contribution in [0.4, 0.5) is 0 Å². The number of hydrogen-bond acceptors (Lipinski definition) is 6. The van der Waals surface area contributed by atoms with Crippen LogP contribution in [0.5, 0.6) is 11.5 Å². The normalized spacial score (nSPS) is 14.8. The van der Waals surface area contributed by atoms with Gasteiger partial charge in [-0.15, -0.1) is 0 Å². The first-order valence-electron chi connectivity index (χ1n) is 11.1. The fourth-order valence-corrected chi connectivity index (χ4v) is 5.00. The van der Waals surface area contributed by atoms with Crippen LogP contribution in [0.2, 0.25) is 0 Å². The lowest BCUT2D eigenvalue weighted by molar-refractivity contribution is -0.121.